The fourth-order valence-corrected chi connectivity index (χ4v) is 5.05. The molecule has 2 aromatic heterocycles. The first-order valence-corrected chi connectivity index (χ1v) is 8.58. The summed E-state index contributed by atoms with van der Waals surface area (Å²) in [5.74, 6) is -0.105. The molecule has 126 valence electrons. The summed E-state index contributed by atoms with van der Waals surface area (Å²) in [6, 6.07) is 3.92. The van der Waals surface area contributed by atoms with Crippen molar-refractivity contribution in [2.24, 2.45) is 0 Å². The van der Waals surface area contributed by atoms with Crippen LogP contribution in [0.3, 0.4) is 0 Å². The van der Waals surface area contributed by atoms with Crippen LogP contribution in [0.15, 0.2) is 18.5 Å². The maximum absolute atomic E-state index is 12.3. The van der Waals surface area contributed by atoms with Crippen molar-refractivity contribution in [1.82, 2.24) is 14.9 Å². The number of pyridine rings is 1. The van der Waals surface area contributed by atoms with E-state index in [9.17, 15) is 9.82 Å². The summed E-state index contributed by atoms with van der Waals surface area (Å²) in [5.41, 5.74) is 1.66. The predicted molar refractivity (Wildman–Crippen MR) is 89.6 cm³/mol. The first-order valence-electron chi connectivity index (χ1n) is 8.58. The minimum absolute atomic E-state index is 0.0825. The number of hydrogen-bond donors (Lipinski definition) is 2. The molecule has 2 fully saturated rings. The number of rotatable bonds is 1. The zero-order valence-electron chi connectivity index (χ0n) is 13.7. The van der Waals surface area contributed by atoms with Crippen molar-refractivity contribution >= 4 is 29.5 Å². The minimum atomic E-state index is -0.986. The van der Waals surface area contributed by atoms with E-state index in [0.29, 0.717) is 13.0 Å². The van der Waals surface area contributed by atoms with Crippen molar-refractivity contribution < 1.29 is 14.5 Å². The molecule has 2 aliphatic heterocycles. The summed E-state index contributed by atoms with van der Waals surface area (Å²) in [5, 5.41) is 20.2. The molecule has 2 spiro atoms. The van der Waals surface area contributed by atoms with Crippen LogP contribution in [0.5, 0.6) is 0 Å². The number of likely N-dealkylation sites (tertiary alicyclic amines) is 1. The quantitative estimate of drug-likeness (QED) is 0.740. The second-order valence-electron chi connectivity index (χ2n) is 7.32. The van der Waals surface area contributed by atoms with E-state index in [-0.39, 0.29) is 17.9 Å². The number of nitrogens with zero attached hydrogens (tertiary/aromatic N) is 3. The van der Waals surface area contributed by atoms with Crippen molar-refractivity contribution in [3.8, 4) is 6.07 Å². The van der Waals surface area contributed by atoms with Gasteiger partial charge in [-0.1, -0.05) is 0 Å². The number of carbonyl (C=O) groups excluding carboxylic acids is 1. The van der Waals surface area contributed by atoms with Gasteiger partial charge in [0.2, 0.25) is 5.91 Å². The highest BCUT2D eigenvalue weighted by Crippen LogP contribution is 2.56. The highest BCUT2D eigenvalue weighted by molar-refractivity contribution is 6.62. The number of aromatic amines is 1. The fourth-order valence-electron chi connectivity index (χ4n) is 5.05. The van der Waals surface area contributed by atoms with E-state index in [4.69, 9.17) is 9.92 Å². The Balaban J connectivity index is 1.57. The Labute approximate surface area is 144 Å². The van der Waals surface area contributed by atoms with Crippen LogP contribution in [-0.4, -0.2) is 45.0 Å². The number of hydrogen-bond acceptors (Lipinski definition) is 5. The Bertz CT molecular complexity index is 938. The fraction of sp³-hybridized carbons (Fsp3) is 0.471. The molecular weight excluding hydrogens is 319 g/mol. The summed E-state index contributed by atoms with van der Waals surface area (Å²) >= 11 is 0. The second kappa shape index (κ2) is 4.84. The summed E-state index contributed by atoms with van der Waals surface area (Å²) < 4.78 is 6.08. The standard InChI is InChI=1S/C17H17BN4O3/c19-6-1-13(23)22-8-5-16(22)3-4-17(10-16)14-11-2-7-20-15(11)21-9-12(14)18(24)25-17/h2,7,9,24H,1,3-5,8,10H2,(H,20,21). The molecule has 0 aromatic carbocycles. The second-order valence-corrected chi connectivity index (χ2v) is 7.32. The highest BCUT2D eigenvalue weighted by Gasteiger charge is 2.61. The van der Waals surface area contributed by atoms with E-state index in [1.807, 2.05) is 23.2 Å². The topological polar surface area (TPSA) is 102 Å². The van der Waals surface area contributed by atoms with Gasteiger partial charge in [0.25, 0.3) is 0 Å². The van der Waals surface area contributed by atoms with Gasteiger partial charge in [0, 0.05) is 41.7 Å². The molecule has 2 unspecified atom stereocenters. The van der Waals surface area contributed by atoms with Crippen LogP contribution in [-0.2, 0) is 15.0 Å². The van der Waals surface area contributed by atoms with Crippen LogP contribution in [0.4, 0.5) is 0 Å². The van der Waals surface area contributed by atoms with Crippen LogP contribution in [0.2, 0.25) is 0 Å². The number of amides is 1. The smallest absolute Gasteiger partial charge is 0.423 e. The Kier molecular flexibility index (Phi) is 2.89. The Morgan fingerprint density at radius 3 is 3.16 bits per heavy atom. The van der Waals surface area contributed by atoms with E-state index in [1.54, 1.807) is 6.20 Å². The molecule has 1 aliphatic carbocycles. The summed E-state index contributed by atoms with van der Waals surface area (Å²) in [7, 11) is -0.986. The van der Waals surface area contributed by atoms with E-state index in [1.165, 1.54) is 0 Å². The lowest BCUT2D eigenvalue weighted by atomic mass is 9.76. The number of fused-ring (bicyclic) bond motifs is 4. The van der Waals surface area contributed by atoms with Gasteiger partial charge in [-0.05, 0) is 30.9 Å². The van der Waals surface area contributed by atoms with Crippen LogP contribution >= 0.6 is 0 Å². The number of H-pyrrole nitrogens is 1. The van der Waals surface area contributed by atoms with Gasteiger partial charge in [0.15, 0.2) is 0 Å². The average Bonchev–Trinajstić information content (AvgIpc) is 3.25. The molecule has 0 bridgehead atoms. The largest absolute Gasteiger partial charge is 0.493 e. The van der Waals surface area contributed by atoms with Gasteiger partial charge < -0.3 is 19.6 Å². The third kappa shape index (κ3) is 1.82. The summed E-state index contributed by atoms with van der Waals surface area (Å²) in [6.45, 7) is 0.696. The molecule has 7 nitrogen and oxygen atoms in total. The van der Waals surface area contributed by atoms with Gasteiger partial charge in [0.1, 0.15) is 12.1 Å². The number of aromatic nitrogens is 2. The van der Waals surface area contributed by atoms with Crippen molar-refractivity contribution in [3.05, 3.63) is 24.0 Å². The summed E-state index contributed by atoms with van der Waals surface area (Å²) in [6.07, 6.45) is 6.59. The Hall–Kier alpha value is -2.37. The average molecular weight is 336 g/mol. The van der Waals surface area contributed by atoms with E-state index < -0.39 is 12.7 Å². The monoisotopic (exact) mass is 336 g/mol. The zero-order chi connectivity index (χ0) is 17.2. The maximum Gasteiger partial charge on any atom is 0.493 e. The molecule has 4 heterocycles. The SMILES string of the molecule is N#CCC(=O)N1CCC12CCC1(C2)OB(O)c2cnc3[nH]ccc3c21. The van der Waals surface area contributed by atoms with Crippen LogP contribution in [0.25, 0.3) is 11.0 Å². The molecule has 2 aromatic rings. The molecule has 3 aliphatic rings. The highest BCUT2D eigenvalue weighted by atomic mass is 16.5. The lowest BCUT2D eigenvalue weighted by molar-refractivity contribution is -0.147. The Morgan fingerprint density at radius 1 is 1.52 bits per heavy atom. The molecule has 25 heavy (non-hydrogen) atoms. The van der Waals surface area contributed by atoms with Crippen molar-refractivity contribution in [2.75, 3.05) is 6.54 Å². The first-order chi connectivity index (χ1) is 12.1. The molecule has 1 saturated carbocycles. The van der Waals surface area contributed by atoms with Gasteiger partial charge in [-0.15, -0.1) is 0 Å². The van der Waals surface area contributed by atoms with E-state index in [0.717, 1.165) is 41.3 Å². The van der Waals surface area contributed by atoms with E-state index in [2.05, 4.69) is 9.97 Å². The molecule has 1 amide bonds. The maximum atomic E-state index is 12.3. The molecule has 1 saturated heterocycles. The lowest BCUT2D eigenvalue weighted by Crippen LogP contribution is -2.61. The normalized spacial score (nSPS) is 30.1. The number of nitriles is 1. The van der Waals surface area contributed by atoms with Gasteiger partial charge >= 0.3 is 7.12 Å². The van der Waals surface area contributed by atoms with Gasteiger partial charge in [0.05, 0.1) is 11.7 Å². The molecule has 8 heteroatoms. The molecule has 5 rings (SSSR count). The molecule has 2 atom stereocenters. The zero-order valence-corrected chi connectivity index (χ0v) is 13.7. The van der Waals surface area contributed by atoms with Gasteiger partial charge in [-0.2, -0.15) is 5.26 Å². The molecule has 0 radical (unpaired) electrons. The van der Waals surface area contributed by atoms with Crippen molar-refractivity contribution in [3.63, 3.8) is 0 Å². The van der Waals surface area contributed by atoms with Crippen LogP contribution < -0.4 is 5.46 Å². The minimum Gasteiger partial charge on any atom is -0.423 e. The number of carbonyl (C=O) groups is 1. The number of nitrogens with one attached hydrogen (secondary N) is 1. The van der Waals surface area contributed by atoms with Crippen molar-refractivity contribution in [2.45, 2.75) is 43.2 Å². The lowest BCUT2D eigenvalue weighted by Gasteiger charge is -2.51. The van der Waals surface area contributed by atoms with E-state index >= 15 is 0 Å². The third-order valence-corrected chi connectivity index (χ3v) is 6.19. The van der Waals surface area contributed by atoms with Crippen LogP contribution in [0, 0.1) is 11.3 Å². The van der Waals surface area contributed by atoms with Gasteiger partial charge in [-0.25, -0.2) is 4.98 Å². The van der Waals surface area contributed by atoms with Gasteiger partial charge in [-0.3, -0.25) is 4.79 Å². The van der Waals surface area contributed by atoms with Crippen molar-refractivity contribution in [1.29, 1.82) is 5.26 Å². The molecule has 2 N–H and O–H groups in total. The Morgan fingerprint density at radius 2 is 2.40 bits per heavy atom. The molecular formula is C17H17BN4O3. The first kappa shape index (κ1) is 14.9. The predicted octanol–water partition coefficient (Wildman–Crippen LogP) is 0.545. The third-order valence-electron chi connectivity index (χ3n) is 6.19. The summed E-state index contributed by atoms with van der Waals surface area (Å²) in [4.78, 5) is 21.6. The van der Waals surface area contributed by atoms with Crippen LogP contribution in [0.1, 0.15) is 37.7 Å².